The van der Waals surface area contributed by atoms with Gasteiger partial charge in [-0.2, -0.15) is 0 Å². The second-order valence-electron chi connectivity index (χ2n) is 2.17. The molecule has 0 saturated heterocycles. The highest BCUT2D eigenvalue weighted by molar-refractivity contribution is 5.95. The molecule has 0 aromatic rings. The molecule has 1 atom stereocenters. The average Bonchev–Trinajstić information content (AvgIpc) is 2.13. The minimum atomic E-state index is -1.03. The van der Waals surface area contributed by atoms with Crippen molar-refractivity contribution in [2.75, 3.05) is 0 Å². The Balaban J connectivity index is 2.85. The summed E-state index contributed by atoms with van der Waals surface area (Å²) in [6.07, 6.45) is 4.34. The van der Waals surface area contributed by atoms with Crippen LogP contribution in [0, 0.1) is 0 Å². The van der Waals surface area contributed by atoms with Gasteiger partial charge in [0.15, 0.2) is 0 Å². The highest BCUT2D eigenvalue weighted by Gasteiger charge is 2.05. The molecule has 1 unspecified atom stereocenters. The maximum atomic E-state index is 10.4. The summed E-state index contributed by atoms with van der Waals surface area (Å²) in [6, 6.07) is -0.0388. The number of nitrogens with zero attached hydrogens (tertiary/aromatic N) is 2. The molecular formula is C7H8N2O2. The summed E-state index contributed by atoms with van der Waals surface area (Å²) < 4.78 is 0. The first-order valence-corrected chi connectivity index (χ1v) is 3.21. The van der Waals surface area contributed by atoms with Gasteiger partial charge in [0.25, 0.3) is 0 Å². The van der Waals surface area contributed by atoms with Gasteiger partial charge in [0, 0.05) is 12.4 Å². The zero-order chi connectivity index (χ0) is 8.27. The number of carboxylic acid groups (broad SMARTS) is 1. The van der Waals surface area contributed by atoms with Crippen LogP contribution in [0.15, 0.2) is 21.8 Å². The first kappa shape index (κ1) is 7.65. The molecule has 1 rings (SSSR count). The lowest BCUT2D eigenvalue weighted by Crippen LogP contribution is -2.00. The Morgan fingerprint density at radius 2 is 2.45 bits per heavy atom. The van der Waals surface area contributed by atoms with Crippen LogP contribution in [0.4, 0.5) is 0 Å². The number of hydrogen-bond acceptors (Lipinski definition) is 3. The van der Waals surface area contributed by atoms with Crippen LogP contribution >= 0.6 is 0 Å². The molecule has 1 heterocycles. The van der Waals surface area contributed by atoms with Crippen LogP contribution in [-0.4, -0.2) is 29.5 Å². The van der Waals surface area contributed by atoms with E-state index in [2.05, 4.69) is 9.98 Å². The smallest absolute Gasteiger partial charge is 0.354 e. The maximum absolute atomic E-state index is 10.4. The highest BCUT2D eigenvalue weighted by atomic mass is 16.4. The molecule has 1 aliphatic rings. The number of aliphatic imine (C=N–C) groups is 2. The number of allylic oxidation sites excluding steroid dienone is 1. The van der Waals surface area contributed by atoms with Gasteiger partial charge in [-0.15, -0.1) is 0 Å². The van der Waals surface area contributed by atoms with E-state index in [-0.39, 0.29) is 11.7 Å². The molecular weight excluding hydrogens is 144 g/mol. The number of hydrogen-bond donors (Lipinski definition) is 1. The van der Waals surface area contributed by atoms with Crippen molar-refractivity contribution in [1.29, 1.82) is 0 Å². The Morgan fingerprint density at radius 1 is 1.73 bits per heavy atom. The molecule has 4 nitrogen and oxygen atoms in total. The third-order valence-electron chi connectivity index (χ3n) is 1.20. The van der Waals surface area contributed by atoms with Crippen molar-refractivity contribution in [3.63, 3.8) is 0 Å². The lowest BCUT2D eigenvalue weighted by molar-refractivity contribution is -0.132. The van der Waals surface area contributed by atoms with Crippen LogP contribution in [0.2, 0.25) is 0 Å². The molecule has 4 heteroatoms. The molecule has 0 spiro atoms. The lowest BCUT2D eigenvalue weighted by atomic mass is 10.4. The number of aliphatic carboxylic acids is 1. The Bertz CT molecular complexity index is 253. The van der Waals surface area contributed by atoms with E-state index in [1.165, 1.54) is 18.5 Å². The van der Waals surface area contributed by atoms with Crippen LogP contribution < -0.4 is 0 Å². The molecule has 11 heavy (non-hydrogen) atoms. The third kappa shape index (κ3) is 2.00. The van der Waals surface area contributed by atoms with Crippen LogP contribution in [0.25, 0.3) is 0 Å². The van der Waals surface area contributed by atoms with E-state index in [1.807, 2.05) is 6.92 Å². The minimum Gasteiger partial charge on any atom is -0.477 e. The van der Waals surface area contributed by atoms with Gasteiger partial charge < -0.3 is 5.11 Å². The summed E-state index contributed by atoms with van der Waals surface area (Å²) in [6.45, 7) is 1.83. The van der Waals surface area contributed by atoms with Gasteiger partial charge in [0.1, 0.15) is 5.70 Å². The predicted molar refractivity (Wildman–Crippen MR) is 42.2 cm³/mol. The Kier molecular flexibility index (Phi) is 2.15. The van der Waals surface area contributed by atoms with E-state index >= 15 is 0 Å². The third-order valence-corrected chi connectivity index (χ3v) is 1.20. The maximum Gasteiger partial charge on any atom is 0.354 e. The summed E-state index contributed by atoms with van der Waals surface area (Å²) in [5.74, 6) is -1.03. The van der Waals surface area contributed by atoms with Crippen LogP contribution in [0.5, 0.6) is 0 Å². The first-order valence-electron chi connectivity index (χ1n) is 3.21. The Labute approximate surface area is 64.0 Å². The van der Waals surface area contributed by atoms with Crippen LogP contribution in [-0.2, 0) is 4.79 Å². The zero-order valence-electron chi connectivity index (χ0n) is 6.06. The van der Waals surface area contributed by atoms with Crippen molar-refractivity contribution in [3.8, 4) is 0 Å². The molecule has 0 aromatic carbocycles. The van der Waals surface area contributed by atoms with Crippen molar-refractivity contribution in [2.24, 2.45) is 9.98 Å². The first-order chi connectivity index (χ1) is 5.20. The number of rotatable bonds is 1. The summed E-state index contributed by atoms with van der Waals surface area (Å²) in [5, 5.41) is 8.51. The standard InChI is InChI=1S/C7H8N2O2/c1-5-4-9-6(7(10)11)2-3-8-5/h2-5H,1H3,(H,10,11). The lowest BCUT2D eigenvalue weighted by Gasteiger charge is -1.91. The van der Waals surface area contributed by atoms with Gasteiger partial charge in [-0.05, 0) is 13.0 Å². The highest BCUT2D eigenvalue weighted by Crippen LogP contribution is 1.99. The number of carboxylic acids is 1. The van der Waals surface area contributed by atoms with Crippen LogP contribution in [0.1, 0.15) is 6.92 Å². The van der Waals surface area contributed by atoms with E-state index in [9.17, 15) is 4.79 Å². The van der Waals surface area contributed by atoms with E-state index in [0.29, 0.717) is 0 Å². The van der Waals surface area contributed by atoms with Gasteiger partial charge in [0.05, 0.1) is 6.04 Å². The fourth-order valence-electron chi connectivity index (χ4n) is 0.646. The van der Waals surface area contributed by atoms with Gasteiger partial charge in [0.2, 0.25) is 0 Å². The second-order valence-corrected chi connectivity index (χ2v) is 2.17. The summed E-state index contributed by atoms with van der Waals surface area (Å²) in [5.41, 5.74) is 0.0260. The molecule has 0 amide bonds. The van der Waals surface area contributed by atoms with Gasteiger partial charge in [-0.25, -0.2) is 4.79 Å². The molecule has 0 fully saturated rings. The Hall–Kier alpha value is -1.45. The normalized spacial score (nSPS) is 22.6. The summed E-state index contributed by atoms with van der Waals surface area (Å²) in [7, 11) is 0. The van der Waals surface area contributed by atoms with Gasteiger partial charge >= 0.3 is 5.97 Å². The molecule has 1 aliphatic heterocycles. The quantitative estimate of drug-likeness (QED) is 0.594. The molecule has 0 aliphatic carbocycles. The van der Waals surface area contributed by atoms with E-state index in [4.69, 9.17) is 5.11 Å². The van der Waals surface area contributed by atoms with Crippen molar-refractivity contribution >= 4 is 18.4 Å². The summed E-state index contributed by atoms with van der Waals surface area (Å²) in [4.78, 5) is 18.0. The topological polar surface area (TPSA) is 62.0 Å². The van der Waals surface area contributed by atoms with Gasteiger partial charge in [-0.3, -0.25) is 9.98 Å². The van der Waals surface area contributed by atoms with Crippen LogP contribution in [0.3, 0.4) is 0 Å². The van der Waals surface area contributed by atoms with Gasteiger partial charge in [-0.1, -0.05) is 0 Å². The monoisotopic (exact) mass is 152 g/mol. The Morgan fingerprint density at radius 3 is 3.09 bits per heavy atom. The molecule has 0 aromatic heterocycles. The zero-order valence-corrected chi connectivity index (χ0v) is 6.06. The number of carbonyl (C=O) groups is 1. The molecule has 58 valence electrons. The van der Waals surface area contributed by atoms with E-state index < -0.39 is 5.97 Å². The molecule has 0 radical (unpaired) electrons. The van der Waals surface area contributed by atoms with Crippen molar-refractivity contribution in [1.82, 2.24) is 0 Å². The van der Waals surface area contributed by atoms with Crippen molar-refractivity contribution < 1.29 is 9.90 Å². The predicted octanol–water partition coefficient (Wildman–Crippen LogP) is 0.499. The molecule has 1 N–H and O–H groups in total. The second kappa shape index (κ2) is 3.09. The van der Waals surface area contributed by atoms with E-state index in [0.717, 1.165) is 0 Å². The summed E-state index contributed by atoms with van der Waals surface area (Å²) >= 11 is 0. The fourth-order valence-corrected chi connectivity index (χ4v) is 0.646. The average molecular weight is 152 g/mol. The van der Waals surface area contributed by atoms with Crippen molar-refractivity contribution in [2.45, 2.75) is 13.0 Å². The van der Waals surface area contributed by atoms with E-state index in [1.54, 1.807) is 0 Å². The molecule has 0 bridgehead atoms. The fraction of sp³-hybridized carbons (Fsp3) is 0.286. The largest absolute Gasteiger partial charge is 0.477 e. The minimum absolute atomic E-state index is 0.0260. The molecule has 0 saturated carbocycles. The SMILES string of the molecule is CC1C=NC(C(=O)O)=CC=N1. The van der Waals surface area contributed by atoms with Crippen molar-refractivity contribution in [3.05, 3.63) is 11.8 Å².